The molecule has 106 valence electrons. The predicted molar refractivity (Wildman–Crippen MR) is 78.0 cm³/mol. The smallest absolute Gasteiger partial charge is 0.420 e. The van der Waals surface area contributed by atoms with Gasteiger partial charge in [0.25, 0.3) is 0 Å². The molecule has 0 amide bonds. The lowest BCUT2D eigenvalue weighted by atomic mass is 10.2. The van der Waals surface area contributed by atoms with Crippen molar-refractivity contribution in [1.29, 1.82) is 0 Å². The van der Waals surface area contributed by atoms with E-state index in [9.17, 15) is 9.59 Å². The molecule has 0 saturated carbocycles. The number of carboxylic acids is 1. The molecular weight excluding hydrogens is 294 g/mol. The maximum Gasteiger partial charge on any atom is 0.420 e. The van der Waals surface area contributed by atoms with Gasteiger partial charge in [0, 0.05) is 5.02 Å². The van der Waals surface area contributed by atoms with Gasteiger partial charge in [0.2, 0.25) is 0 Å². The molecule has 0 spiro atoms. The van der Waals surface area contributed by atoms with Crippen LogP contribution in [-0.2, 0) is 6.54 Å². The molecule has 3 aromatic rings. The van der Waals surface area contributed by atoms with Gasteiger partial charge in [-0.15, -0.1) is 0 Å². The van der Waals surface area contributed by atoms with E-state index in [1.165, 1.54) is 22.8 Å². The predicted octanol–water partition coefficient (Wildman–Crippen LogP) is 2.99. The van der Waals surface area contributed by atoms with Crippen LogP contribution in [0, 0.1) is 0 Å². The highest BCUT2D eigenvalue weighted by molar-refractivity contribution is 6.30. The average molecular weight is 304 g/mol. The Morgan fingerprint density at radius 1 is 1.19 bits per heavy atom. The molecule has 0 aliphatic rings. The first-order valence-electron chi connectivity index (χ1n) is 6.16. The van der Waals surface area contributed by atoms with Crippen molar-refractivity contribution in [3.05, 3.63) is 69.2 Å². The first-order chi connectivity index (χ1) is 10.0. The Labute approximate surface area is 124 Å². The van der Waals surface area contributed by atoms with Crippen molar-refractivity contribution < 1.29 is 14.3 Å². The van der Waals surface area contributed by atoms with Crippen LogP contribution in [0.3, 0.4) is 0 Å². The maximum absolute atomic E-state index is 11.9. The molecule has 0 aliphatic heterocycles. The number of carboxylic acid groups (broad SMARTS) is 1. The van der Waals surface area contributed by atoms with Gasteiger partial charge in [-0.05, 0) is 35.9 Å². The Hall–Kier alpha value is -2.53. The fraction of sp³-hybridized carbons (Fsp3) is 0.0667. The zero-order valence-electron chi connectivity index (χ0n) is 10.7. The van der Waals surface area contributed by atoms with Gasteiger partial charge >= 0.3 is 11.7 Å². The van der Waals surface area contributed by atoms with E-state index >= 15 is 0 Å². The van der Waals surface area contributed by atoms with Crippen molar-refractivity contribution in [2.24, 2.45) is 0 Å². The van der Waals surface area contributed by atoms with Crippen molar-refractivity contribution in [3.63, 3.8) is 0 Å². The summed E-state index contributed by atoms with van der Waals surface area (Å²) in [5, 5.41) is 9.64. The van der Waals surface area contributed by atoms with Gasteiger partial charge in [-0.1, -0.05) is 23.7 Å². The Kier molecular flexibility index (Phi) is 3.27. The van der Waals surface area contributed by atoms with Gasteiger partial charge in [-0.2, -0.15) is 0 Å². The Morgan fingerprint density at radius 3 is 2.57 bits per heavy atom. The fourth-order valence-corrected chi connectivity index (χ4v) is 2.24. The number of benzene rings is 2. The maximum atomic E-state index is 11.9. The molecule has 21 heavy (non-hydrogen) atoms. The second kappa shape index (κ2) is 5.10. The zero-order chi connectivity index (χ0) is 15.0. The van der Waals surface area contributed by atoms with Crippen molar-refractivity contribution in [1.82, 2.24) is 4.57 Å². The molecule has 5 nitrogen and oxygen atoms in total. The minimum absolute atomic E-state index is 0.105. The Bertz CT molecular complexity index is 877. The topological polar surface area (TPSA) is 72.4 Å². The van der Waals surface area contributed by atoms with Gasteiger partial charge in [-0.3, -0.25) is 4.57 Å². The van der Waals surface area contributed by atoms with Crippen molar-refractivity contribution >= 4 is 28.7 Å². The molecule has 6 heteroatoms. The van der Waals surface area contributed by atoms with Crippen LogP contribution in [0.25, 0.3) is 11.1 Å². The van der Waals surface area contributed by atoms with Crippen LogP contribution in [0.15, 0.2) is 51.7 Å². The summed E-state index contributed by atoms with van der Waals surface area (Å²) in [5.74, 6) is -1.58. The number of nitrogens with zero attached hydrogens (tertiary/aromatic N) is 1. The average Bonchev–Trinajstić information content (AvgIpc) is 2.77. The molecule has 0 bridgehead atoms. The standard InChI is InChI=1S/C15H10ClNO4/c16-11-4-1-9(2-5-11)8-17-12-7-10(14(18)19)3-6-13(12)21-15(17)20/h1-7H,8H2,(H,18,19). The van der Waals surface area contributed by atoms with Crippen molar-refractivity contribution in [3.8, 4) is 0 Å². The van der Waals surface area contributed by atoms with Gasteiger partial charge in [0.1, 0.15) is 0 Å². The van der Waals surface area contributed by atoms with Crippen LogP contribution in [0.1, 0.15) is 15.9 Å². The lowest BCUT2D eigenvalue weighted by Gasteiger charge is -2.03. The molecule has 1 heterocycles. The van der Waals surface area contributed by atoms with E-state index in [4.69, 9.17) is 21.1 Å². The number of oxazole rings is 1. The summed E-state index contributed by atoms with van der Waals surface area (Å²) in [5.41, 5.74) is 1.78. The largest absolute Gasteiger partial charge is 0.478 e. The van der Waals surface area contributed by atoms with E-state index in [1.54, 1.807) is 24.3 Å². The minimum atomic E-state index is -1.05. The lowest BCUT2D eigenvalue weighted by molar-refractivity contribution is 0.0697. The molecule has 3 rings (SSSR count). The first kappa shape index (κ1) is 13.5. The van der Waals surface area contributed by atoms with E-state index in [0.717, 1.165) is 5.56 Å². The third-order valence-corrected chi connectivity index (χ3v) is 3.42. The molecule has 0 fully saturated rings. The van der Waals surface area contributed by atoms with Crippen LogP contribution < -0.4 is 5.76 Å². The quantitative estimate of drug-likeness (QED) is 0.807. The number of halogens is 1. The van der Waals surface area contributed by atoms with E-state index in [2.05, 4.69) is 0 Å². The summed E-state index contributed by atoms with van der Waals surface area (Å²) in [6.45, 7) is 0.284. The minimum Gasteiger partial charge on any atom is -0.478 e. The number of hydrogen-bond donors (Lipinski definition) is 1. The molecule has 1 aromatic heterocycles. The van der Waals surface area contributed by atoms with Crippen LogP contribution in [0.5, 0.6) is 0 Å². The van der Waals surface area contributed by atoms with E-state index in [0.29, 0.717) is 16.1 Å². The SMILES string of the molecule is O=C(O)c1ccc2oc(=O)n(Cc3ccc(Cl)cc3)c2c1. The molecule has 0 aliphatic carbocycles. The van der Waals surface area contributed by atoms with Gasteiger partial charge < -0.3 is 9.52 Å². The normalized spacial score (nSPS) is 10.9. The van der Waals surface area contributed by atoms with Crippen LogP contribution in [0.2, 0.25) is 5.02 Å². The molecular formula is C15H10ClNO4. The van der Waals surface area contributed by atoms with E-state index < -0.39 is 11.7 Å². The van der Waals surface area contributed by atoms with E-state index in [-0.39, 0.29) is 12.1 Å². The third-order valence-electron chi connectivity index (χ3n) is 3.17. The number of aromatic carboxylic acids is 1. The molecule has 2 aromatic carbocycles. The molecule has 0 saturated heterocycles. The lowest BCUT2D eigenvalue weighted by Crippen LogP contribution is -2.15. The number of hydrogen-bond acceptors (Lipinski definition) is 3. The van der Waals surface area contributed by atoms with Gasteiger partial charge in [0.15, 0.2) is 5.58 Å². The van der Waals surface area contributed by atoms with Crippen LogP contribution in [0.4, 0.5) is 0 Å². The van der Waals surface area contributed by atoms with Crippen molar-refractivity contribution in [2.75, 3.05) is 0 Å². The molecule has 0 radical (unpaired) electrons. The fourth-order valence-electron chi connectivity index (χ4n) is 2.12. The Morgan fingerprint density at radius 2 is 1.90 bits per heavy atom. The zero-order valence-corrected chi connectivity index (χ0v) is 11.5. The second-order valence-corrected chi connectivity index (χ2v) is 5.00. The van der Waals surface area contributed by atoms with Crippen molar-refractivity contribution in [2.45, 2.75) is 6.54 Å². The highest BCUT2D eigenvalue weighted by Crippen LogP contribution is 2.17. The first-order valence-corrected chi connectivity index (χ1v) is 6.53. The number of rotatable bonds is 3. The van der Waals surface area contributed by atoms with E-state index in [1.807, 2.05) is 0 Å². The Balaban J connectivity index is 2.10. The number of fused-ring (bicyclic) bond motifs is 1. The summed E-state index contributed by atoms with van der Waals surface area (Å²) < 4.78 is 6.51. The summed E-state index contributed by atoms with van der Waals surface area (Å²) >= 11 is 5.82. The van der Waals surface area contributed by atoms with Crippen LogP contribution >= 0.6 is 11.6 Å². The monoisotopic (exact) mass is 303 g/mol. The second-order valence-electron chi connectivity index (χ2n) is 4.57. The molecule has 0 atom stereocenters. The highest BCUT2D eigenvalue weighted by Gasteiger charge is 2.12. The van der Waals surface area contributed by atoms with Crippen LogP contribution in [-0.4, -0.2) is 15.6 Å². The van der Waals surface area contributed by atoms with Gasteiger partial charge in [0.05, 0.1) is 17.6 Å². The summed E-state index contributed by atoms with van der Waals surface area (Å²) in [4.78, 5) is 22.9. The molecule has 0 unspecified atom stereocenters. The summed E-state index contributed by atoms with van der Waals surface area (Å²) in [7, 11) is 0. The molecule has 1 N–H and O–H groups in total. The number of aromatic nitrogens is 1. The van der Waals surface area contributed by atoms with Gasteiger partial charge in [-0.25, -0.2) is 9.59 Å². The third kappa shape index (κ3) is 2.55. The summed E-state index contributed by atoms with van der Waals surface area (Å²) in [6.07, 6.45) is 0. The number of carbonyl (C=O) groups is 1. The summed E-state index contributed by atoms with van der Waals surface area (Å²) in [6, 6.07) is 11.4. The highest BCUT2D eigenvalue weighted by atomic mass is 35.5.